The number of halogens is 2. The molecule has 0 aromatic heterocycles. The van der Waals surface area contributed by atoms with Crippen LogP contribution in [0.2, 0.25) is 5.02 Å². The summed E-state index contributed by atoms with van der Waals surface area (Å²) in [4.78, 5) is 10.9. The van der Waals surface area contributed by atoms with E-state index >= 15 is 0 Å². The molecule has 3 rings (SSSR count). The maximum absolute atomic E-state index is 13.2. The van der Waals surface area contributed by atoms with Crippen molar-refractivity contribution >= 4 is 29.2 Å². The van der Waals surface area contributed by atoms with Crippen molar-refractivity contribution in [1.29, 1.82) is 5.26 Å². The van der Waals surface area contributed by atoms with Crippen LogP contribution in [-0.4, -0.2) is 12.6 Å². The minimum atomic E-state index is -1.25. The van der Waals surface area contributed by atoms with Crippen LogP contribution in [0.1, 0.15) is 34.0 Å². The van der Waals surface area contributed by atoms with Gasteiger partial charge in [-0.15, -0.1) is 0 Å². The summed E-state index contributed by atoms with van der Waals surface area (Å²) in [6.45, 7) is 2.32. The molecule has 3 aromatic rings. The van der Waals surface area contributed by atoms with E-state index in [9.17, 15) is 19.6 Å². The Bertz CT molecular complexity index is 1180. The first-order chi connectivity index (χ1) is 15.4. The van der Waals surface area contributed by atoms with E-state index in [1.54, 1.807) is 30.3 Å². The smallest absolute Gasteiger partial charge is 0.180 e. The molecule has 0 unspecified atom stereocenters. The molecule has 0 spiro atoms. The second kappa shape index (κ2) is 10.5. The number of nitriles is 1. The largest absolute Gasteiger partial charge is 0.545 e. The molecule has 0 fully saturated rings. The quantitative estimate of drug-likeness (QED) is 0.360. The van der Waals surface area contributed by atoms with Crippen LogP contribution in [0.4, 0.5) is 4.39 Å². The van der Waals surface area contributed by atoms with Crippen LogP contribution in [0.25, 0.3) is 11.6 Å². The van der Waals surface area contributed by atoms with Gasteiger partial charge < -0.3 is 19.4 Å². The Balaban J connectivity index is 1.87. The zero-order valence-electron chi connectivity index (χ0n) is 17.1. The van der Waals surface area contributed by atoms with Gasteiger partial charge in [0.05, 0.1) is 29.2 Å². The lowest BCUT2D eigenvalue weighted by Crippen LogP contribution is -2.22. The number of nitrogens with zero attached hydrogens (tertiary/aromatic N) is 1. The van der Waals surface area contributed by atoms with Crippen molar-refractivity contribution < 1.29 is 23.8 Å². The van der Waals surface area contributed by atoms with Crippen molar-refractivity contribution in [3.63, 3.8) is 0 Å². The maximum Gasteiger partial charge on any atom is 0.180 e. The molecule has 0 aliphatic heterocycles. The third-order valence-corrected chi connectivity index (χ3v) is 4.77. The monoisotopic (exact) mass is 450 g/mol. The van der Waals surface area contributed by atoms with Crippen molar-refractivity contribution in [2.75, 3.05) is 6.61 Å². The Morgan fingerprint density at radius 2 is 1.75 bits per heavy atom. The van der Waals surface area contributed by atoms with Crippen molar-refractivity contribution in [2.45, 2.75) is 13.5 Å². The molecule has 32 heavy (non-hydrogen) atoms. The van der Waals surface area contributed by atoms with E-state index in [1.807, 2.05) is 6.92 Å². The minimum Gasteiger partial charge on any atom is -0.545 e. The van der Waals surface area contributed by atoms with Gasteiger partial charge in [0.15, 0.2) is 11.5 Å². The molecule has 0 N–H and O–H groups in total. The fourth-order valence-corrected chi connectivity index (χ4v) is 3.22. The Kier molecular flexibility index (Phi) is 7.48. The summed E-state index contributed by atoms with van der Waals surface area (Å²) in [6, 6.07) is 17.2. The molecule has 0 amide bonds. The topological polar surface area (TPSA) is 82.4 Å². The third kappa shape index (κ3) is 5.65. The molecule has 0 aliphatic carbocycles. The number of benzene rings is 3. The predicted octanol–water partition coefficient (Wildman–Crippen LogP) is 4.88. The molecule has 5 nitrogen and oxygen atoms in total. The highest BCUT2D eigenvalue weighted by Gasteiger charge is 2.13. The molecule has 0 bridgehead atoms. The van der Waals surface area contributed by atoms with Gasteiger partial charge in [-0.1, -0.05) is 48.0 Å². The van der Waals surface area contributed by atoms with Gasteiger partial charge in [0.2, 0.25) is 0 Å². The Hall–Kier alpha value is -3.82. The molecule has 0 saturated heterocycles. The summed E-state index contributed by atoms with van der Waals surface area (Å²) in [5.74, 6) is -0.910. The molecule has 162 valence electrons. The summed E-state index contributed by atoms with van der Waals surface area (Å²) < 4.78 is 24.7. The third-order valence-electron chi connectivity index (χ3n) is 4.49. The highest BCUT2D eigenvalue weighted by molar-refractivity contribution is 6.32. The second-order valence-electron chi connectivity index (χ2n) is 6.71. The normalized spacial score (nSPS) is 11.0. The van der Waals surface area contributed by atoms with Crippen LogP contribution in [0.15, 0.2) is 60.7 Å². The van der Waals surface area contributed by atoms with Crippen LogP contribution in [0.3, 0.4) is 0 Å². The van der Waals surface area contributed by atoms with Gasteiger partial charge in [-0.25, -0.2) is 4.39 Å². The van der Waals surface area contributed by atoms with Gasteiger partial charge in [0.1, 0.15) is 12.4 Å². The summed E-state index contributed by atoms with van der Waals surface area (Å²) in [7, 11) is 0. The van der Waals surface area contributed by atoms with Crippen LogP contribution >= 0.6 is 11.6 Å². The lowest BCUT2D eigenvalue weighted by atomic mass is 10.0. The molecular weight excluding hydrogens is 433 g/mol. The maximum atomic E-state index is 13.2. The van der Waals surface area contributed by atoms with E-state index in [0.29, 0.717) is 34.8 Å². The standard InChI is InChI=1S/C25H19ClFNO4/c1-2-31-23-13-17(11-20(14-28)18-7-9-21(27)10-8-18)12-22(26)24(23)32-15-16-3-5-19(6-4-16)25(29)30/h3-13H,2,15H2,1H3,(H,29,30)/p-1/b20-11-. The van der Waals surface area contributed by atoms with E-state index in [-0.39, 0.29) is 23.0 Å². The number of allylic oxidation sites excluding steroid dienone is 1. The summed E-state index contributed by atoms with van der Waals surface area (Å²) >= 11 is 6.44. The Morgan fingerprint density at radius 3 is 2.34 bits per heavy atom. The summed E-state index contributed by atoms with van der Waals surface area (Å²) in [5, 5.41) is 20.7. The SMILES string of the molecule is CCOc1cc(/C=C(/C#N)c2ccc(F)cc2)cc(Cl)c1OCc1ccc(C(=O)[O-])cc1. The number of rotatable bonds is 8. The molecule has 0 heterocycles. The highest BCUT2D eigenvalue weighted by atomic mass is 35.5. The first-order valence-corrected chi connectivity index (χ1v) is 10.1. The van der Waals surface area contributed by atoms with Crippen molar-refractivity contribution in [3.05, 3.63) is 93.8 Å². The molecule has 0 saturated carbocycles. The van der Waals surface area contributed by atoms with Gasteiger partial charge in [0, 0.05) is 0 Å². The number of hydrogen-bond acceptors (Lipinski definition) is 5. The van der Waals surface area contributed by atoms with Gasteiger partial charge in [-0.3, -0.25) is 0 Å². The van der Waals surface area contributed by atoms with E-state index in [2.05, 4.69) is 6.07 Å². The second-order valence-corrected chi connectivity index (χ2v) is 7.12. The van der Waals surface area contributed by atoms with Crippen LogP contribution in [-0.2, 0) is 6.61 Å². The molecular formula is C25H18ClFNO4-. The molecule has 7 heteroatoms. The molecule has 0 aliphatic rings. The number of carbonyl (C=O) groups is 1. The number of carboxylic acid groups (broad SMARTS) is 1. The number of aromatic carboxylic acids is 1. The fraction of sp³-hybridized carbons (Fsp3) is 0.120. The van der Waals surface area contributed by atoms with Gasteiger partial charge >= 0.3 is 0 Å². The van der Waals surface area contributed by atoms with Crippen molar-refractivity contribution in [3.8, 4) is 17.6 Å². The molecule has 3 aromatic carbocycles. The van der Waals surface area contributed by atoms with E-state index in [4.69, 9.17) is 21.1 Å². The van der Waals surface area contributed by atoms with E-state index in [1.165, 1.54) is 36.4 Å². The first-order valence-electron chi connectivity index (χ1n) is 9.68. The fourth-order valence-electron chi connectivity index (χ4n) is 2.94. The van der Waals surface area contributed by atoms with E-state index < -0.39 is 5.97 Å². The average molecular weight is 451 g/mol. The summed E-state index contributed by atoms with van der Waals surface area (Å²) in [6.07, 6.45) is 1.63. The number of carboxylic acids is 1. The Labute approximate surface area is 189 Å². The Morgan fingerprint density at radius 1 is 1.09 bits per heavy atom. The van der Waals surface area contributed by atoms with Gasteiger partial charge in [-0.05, 0) is 59.5 Å². The van der Waals surface area contributed by atoms with Crippen molar-refractivity contribution in [2.24, 2.45) is 0 Å². The van der Waals surface area contributed by atoms with Crippen LogP contribution in [0.5, 0.6) is 11.5 Å². The van der Waals surface area contributed by atoms with Gasteiger partial charge in [0.25, 0.3) is 0 Å². The van der Waals surface area contributed by atoms with E-state index in [0.717, 1.165) is 5.56 Å². The minimum absolute atomic E-state index is 0.0763. The summed E-state index contributed by atoms with van der Waals surface area (Å²) in [5.41, 5.74) is 2.34. The predicted molar refractivity (Wildman–Crippen MR) is 118 cm³/mol. The first kappa shape index (κ1) is 22.9. The average Bonchev–Trinajstić information content (AvgIpc) is 2.78. The lowest BCUT2D eigenvalue weighted by Gasteiger charge is -2.15. The van der Waals surface area contributed by atoms with Gasteiger partial charge in [-0.2, -0.15) is 5.26 Å². The van der Waals surface area contributed by atoms with Crippen LogP contribution in [0, 0.1) is 17.1 Å². The highest BCUT2D eigenvalue weighted by Crippen LogP contribution is 2.38. The molecule has 0 radical (unpaired) electrons. The number of hydrogen-bond donors (Lipinski definition) is 0. The number of ether oxygens (including phenoxy) is 2. The van der Waals surface area contributed by atoms with Crippen molar-refractivity contribution in [1.82, 2.24) is 0 Å². The zero-order chi connectivity index (χ0) is 23.1. The lowest BCUT2D eigenvalue weighted by molar-refractivity contribution is -0.255. The number of carbonyl (C=O) groups excluding carboxylic acids is 1. The zero-order valence-corrected chi connectivity index (χ0v) is 17.9. The van der Waals surface area contributed by atoms with Crippen LogP contribution < -0.4 is 14.6 Å². The molecule has 0 atom stereocenters.